The van der Waals surface area contributed by atoms with Gasteiger partial charge in [0.2, 0.25) is 0 Å². The van der Waals surface area contributed by atoms with Crippen LogP contribution in [-0.2, 0) is 0 Å². The van der Waals surface area contributed by atoms with Crippen LogP contribution in [0.1, 0.15) is 0 Å². The van der Waals surface area contributed by atoms with Crippen LogP contribution in [0.3, 0.4) is 0 Å². The lowest BCUT2D eigenvalue weighted by atomic mass is 10.0. The molecule has 55 heavy (non-hydrogen) atoms. The molecule has 2 heterocycles. The minimum Gasteiger partial charge on any atom is -0.455 e. The zero-order valence-corrected chi connectivity index (χ0v) is 30.2. The molecule has 0 aliphatic heterocycles. The third kappa shape index (κ3) is 4.92. The number of rotatable bonds is 6. The molecule has 9 aromatic carbocycles. The van der Waals surface area contributed by atoms with Gasteiger partial charge in [-0.1, -0.05) is 127 Å². The van der Waals surface area contributed by atoms with E-state index in [2.05, 4.69) is 174 Å². The molecule has 0 aliphatic carbocycles. The Morgan fingerprint density at radius 1 is 0.327 bits per heavy atom. The van der Waals surface area contributed by atoms with Crippen LogP contribution in [0.25, 0.3) is 65.4 Å². The Morgan fingerprint density at radius 3 is 1.20 bits per heavy atom. The first-order chi connectivity index (χ1) is 27.2. The summed E-state index contributed by atoms with van der Waals surface area (Å²) in [4.78, 5) is 4.50. The number of fused-ring (bicyclic) bond motifs is 10. The molecule has 0 unspecified atom stereocenters. The molecule has 0 aliphatic rings. The molecular weight excluding hydrogens is 696 g/mol. The predicted octanol–water partition coefficient (Wildman–Crippen LogP) is 15.4. The predicted molar refractivity (Wildman–Crippen MR) is 230 cm³/mol. The van der Waals surface area contributed by atoms with Crippen LogP contribution in [0.15, 0.2) is 197 Å². The highest BCUT2D eigenvalue weighted by molar-refractivity contribution is 6.37. The molecule has 0 atom stereocenters. The number of hydrogen-bond acceptors (Lipinski definition) is 4. The van der Waals surface area contributed by atoms with Crippen molar-refractivity contribution in [2.45, 2.75) is 0 Å². The van der Waals surface area contributed by atoms with Crippen LogP contribution in [-0.4, -0.2) is 0 Å². The molecule has 2 aromatic heterocycles. The van der Waals surface area contributed by atoms with Gasteiger partial charge in [0.1, 0.15) is 22.3 Å². The first kappa shape index (κ1) is 31.5. The highest BCUT2D eigenvalue weighted by atomic mass is 35.5. The number of hydrogen-bond donors (Lipinski definition) is 0. The maximum Gasteiger partial charge on any atom is 0.143 e. The van der Waals surface area contributed by atoms with E-state index in [4.69, 9.17) is 20.4 Å². The highest BCUT2D eigenvalue weighted by Gasteiger charge is 2.26. The first-order valence-electron chi connectivity index (χ1n) is 18.4. The number of para-hydroxylation sites is 2. The summed E-state index contributed by atoms with van der Waals surface area (Å²) in [6.45, 7) is 0. The van der Waals surface area contributed by atoms with Crippen molar-refractivity contribution in [3.8, 4) is 0 Å². The zero-order valence-electron chi connectivity index (χ0n) is 29.5. The Kier molecular flexibility index (Phi) is 7.19. The van der Waals surface area contributed by atoms with Crippen LogP contribution >= 0.6 is 11.6 Å². The second kappa shape index (κ2) is 12.6. The highest BCUT2D eigenvalue weighted by Crippen LogP contribution is 2.51. The Morgan fingerprint density at radius 2 is 0.727 bits per heavy atom. The molecular formula is C50H31ClN2O2. The fraction of sp³-hybridized carbons (Fsp3) is 0. The Balaban J connectivity index is 1.17. The normalized spacial score (nSPS) is 11.7. The first-order valence-corrected chi connectivity index (χ1v) is 18.8. The summed E-state index contributed by atoms with van der Waals surface area (Å²) in [5.41, 5.74) is 8.94. The maximum absolute atomic E-state index is 7.81. The van der Waals surface area contributed by atoms with Crippen molar-refractivity contribution in [1.29, 1.82) is 0 Å². The molecule has 5 heteroatoms. The molecule has 0 bridgehead atoms. The lowest BCUT2D eigenvalue weighted by Gasteiger charge is -2.31. The van der Waals surface area contributed by atoms with Gasteiger partial charge in [-0.25, -0.2) is 0 Å². The molecule has 0 spiro atoms. The van der Waals surface area contributed by atoms with Crippen molar-refractivity contribution in [1.82, 2.24) is 0 Å². The fourth-order valence-electron chi connectivity index (χ4n) is 8.27. The minimum absolute atomic E-state index is 0.598. The Labute approximate surface area is 321 Å². The lowest BCUT2D eigenvalue weighted by molar-refractivity contribution is 0.672. The van der Waals surface area contributed by atoms with E-state index >= 15 is 0 Å². The van der Waals surface area contributed by atoms with E-state index in [9.17, 15) is 0 Å². The van der Waals surface area contributed by atoms with Crippen LogP contribution < -0.4 is 9.80 Å². The van der Waals surface area contributed by atoms with E-state index in [-0.39, 0.29) is 0 Å². The number of nitrogens with zero attached hydrogens (tertiary/aromatic N) is 2. The van der Waals surface area contributed by atoms with Gasteiger partial charge in [0, 0.05) is 32.9 Å². The summed E-state index contributed by atoms with van der Waals surface area (Å²) >= 11 is 7.81. The molecule has 0 N–H and O–H groups in total. The van der Waals surface area contributed by atoms with Crippen LogP contribution in [0, 0.1) is 0 Å². The van der Waals surface area contributed by atoms with Gasteiger partial charge in [-0.2, -0.15) is 0 Å². The van der Waals surface area contributed by atoms with Gasteiger partial charge in [-0.05, 0) is 83.6 Å². The van der Waals surface area contributed by atoms with E-state index in [0.717, 1.165) is 99.5 Å². The lowest BCUT2D eigenvalue weighted by Crippen LogP contribution is -2.14. The van der Waals surface area contributed by atoms with Crippen molar-refractivity contribution >= 4 is 111 Å². The number of benzene rings is 9. The zero-order chi connectivity index (χ0) is 36.5. The standard InChI is InChI=1S/C50H31ClN2O2/c51-48-42(52(34-16-3-1-4-17-34)40-22-12-26-44-46(40)38-30-28-32-14-7-9-20-36(32)49(38)54-44)24-11-25-43(48)53(35-18-5-2-6-19-35)41-23-13-27-45-47(41)39-31-29-33-15-8-10-21-37(33)50(39)55-45/h1-31H. The summed E-state index contributed by atoms with van der Waals surface area (Å²) in [6.07, 6.45) is 0. The molecule has 11 aromatic rings. The SMILES string of the molecule is Clc1c(N(c2ccccc2)c2cccc3oc4c5ccccc5ccc4c23)cccc1N(c1ccccc1)c1cccc2oc3c4ccccc4ccc3c12. The molecule has 260 valence electrons. The number of furan rings is 2. The summed E-state index contributed by atoms with van der Waals surface area (Å²) in [5, 5.41) is 9.19. The van der Waals surface area contributed by atoms with Crippen molar-refractivity contribution in [3.05, 3.63) is 193 Å². The smallest absolute Gasteiger partial charge is 0.143 e. The van der Waals surface area contributed by atoms with E-state index in [1.165, 1.54) is 0 Å². The van der Waals surface area contributed by atoms with Gasteiger partial charge in [-0.3, -0.25) is 0 Å². The molecule has 11 rings (SSSR count). The van der Waals surface area contributed by atoms with Crippen molar-refractivity contribution in [2.24, 2.45) is 0 Å². The number of anilines is 6. The van der Waals surface area contributed by atoms with Gasteiger partial charge in [0.15, 0.2) is 0 Å². The van der Waals surface area contributed by atoms with Crippen LogP contribution in [0.4, 0.5) is 34.1 Å². The Hall–Kier alpha value is -7.01. The summed E-state index contributed by atoms with van der Waals surface area (Å²) < 4.78 is 13.3. The molecule has 0 saturated heterocycles. The summed E-state index contributed by atoms with van der Waals surface area (Å²) in [7, 11) is 0. The average Bonchev–Trinajstić information content (AvgIpc) is 3.83. The second-order valence-electron chi connectivity index (χ2n) is 13.8. The second-order valence-corrected chi connectivity index (χ2v) is 14.2. The molecule has 0 fully saturated rings. The number of halogens is 1. The fourth-order valence-corrected chi connectivity index (χ4v) is 8.56. The Bertz CT molecular complexity index is 3030. The van der Waals surface area contributed by atoms with Gasteiger partial charge < -0.3 is 18.6 Å². The van der Waals surface area contributed by atoms with Gasteiger partial charge in [0.05, 0.1) is 38.5 Å². The third-order valence-electron chi connectivity index (χ3n) is 10.7. The largest absolute Gasteiger partial charge is 0.455 e. The van der Waals surface area contributed by atoms with E-state index < -0.39 is 0 Å². The molecule has 4 nitrogen and oxygen atoms in total. The van der Waals surface area contributed by atoms with Crippen LogP contribution in [0.5, 0.6) is 0 Å². The van der Waals surface area contributed by atoms with Gasteiger partial charge in [0.25, 0.3) is 0 Å². The van der Waals surface area contributed by atoms with E-state index in [1.807, 2.05) is 24.3 Å². The average molecular weight is 727 g/mol. The van der Waals surface area contributed by atoms with Crippen molar-refractivity contribution < 1.29 is 8.83 Å². The molecule has 0 amide bonds. The van der Waals surface area contributed by atoms with E-state index in [1.54, 1.807) is 0 Å². The molecule has 0 saturated carbocycles. The molecule has 0 radical (unpaired) electrons. The third-order valence-corrected chi connectivity index (χ3v) is 11.1. The summed E-state index contributed by atoms with van der Waals surface area (Å²) in [6, 6.07) is 65.0. The van der Waals surface area contributed by atoms with Gasteiger partial charge in [-0.15, -0.1) is 0 Å². The minimum atomic E-state index is 0.598. The van der Waals surface area contributed by atoms with Crippen molar-refractivity contribution in [2.75, 3.05) is 9.80 Å². The maximum atomic E-state index is 7.81. The van der Waals surface area contributed by atoms with Crippen molar-refractivity contribution in [3.63, 3.8) is 0 Å². The quantitative estimate of drug-likeness (QED) is 0.171. The topological polar surface area (TPSA) is 32.8 Å². The van der Waals surface area contributed by atoms with E-state index in [0.29, 0.717) is 5.02 Å². The van der Waals surface area contributed by atoms with Crippen LogP contribution in [0.2, 0.25) is 5.02 Å². The summed E-state index contributed by atoms with van der Waals surface area (Å²) in [5.74, 6) is 0. The monoisotopic (exact) mass is 726 g/mol. The van der Waals surface area contributed by atoms with Gasteiger partial charge >= 0.3 is 0 Å².